The van der Waals surface area contributed by atoms with Crippen LogP contribution in [0.2, 0.25) is 18.1 Å². The highest BCUT2D eigenvalue weighted by Gasteiger charge is 2.55. The predicted octanol–water partition coefficient (Wildman–Crippen LogP) is 8.74. The molecule has 4 heterocycles. The molecule has 2 unspecified atom stereocenters. The molecule has 0 bridgehead atoms. The van der Waals surface area contributed by atoms with Gasteiger partial charge in [0, 0.05) is 47.4 Å². The van der Waals surface area contributed by atoms with Gasteiger partial charge in [0.15, 0.2) is 8.32 Å². The predicted molar refractivity (Wildman–Crippen MR) is 222 cm³/mol. The normalized spacial score (nSPS) is 31.2. The molecule has 0 amide bonds. The van der Waals surface area contributed by atoms with Crippen LogP contribution >= 0.6 is 0 Å². The molecule has 4 saturated heterocycles. The van der Waals surface area contributed by atoms with Gasteiger partial charge in [0.1, 0.15) is 11.2 Å². The highest BCUT2D eigenvalue weighted by molar-refractivity contribution is 6.74. The summed E-state index contributed by atoms with van der Waals surface area (Å²) in [5.74, 6) is -0.413. The molecule has 0 aromatic carbocycles. The fourth-order valence-corrected chi connectivity index (χ4v) is 8.77. The van der Waals surface area contributed by atoms with Crippen LogP contribution in [0.15, 0.2) is 0 Å². The number of aliphatic hydroxyl groups excluding tert-OH is 1. The topological polar surface area (TPSA) is 128 Å². The van der Waals surface area contributed by atoms with Crippen LogP contribution in [0.1, 0.15) is 141 Å². The van der Waals surface area contributed by atoms with Gasteiger partial charge in [-0.25, -0.2) is 13.1 Å². The minimum absolute atomic E-state index is 0. The number of carbonyl (C=O) groups is 2. The SMILES string of the molecule is C.[2HH].[C-]#[N+][C@H](C)C[C@H]1CC[C@@H]2OC(CCC(=O)OC)C[C@]2(CO)O1.[C-]#[N+][C@H](C)C[C@H]1CC[C@@H]2OC(CCCOC(=O)C(C)(C)C)C[C@]2(CO[Si](C)(C)C(C)(C)C)O1. The van der Waals surface area contributed by atoms with Crippen LogP contribution in [0.25, 0.3) is 9.69 Å². The van der Waals surface area contributed by atoms with E-state index >= 15 is 0 Å². The molecule has 1 N–H and O–H groups in total. The third-order valence-electron chi connectivity index (χ3n) is 12.2. The number of ether oxygens (including phenoxy) is 6. The molecule has 4 fully saturated rings. The van der Waals surface area contributed by atoms with Gasteiger partial charge in [0.2, 0.25) is 12.1 Å². The number of hydrogen-bond donors (Lipinski definition) is 1. The largest absolute Gasteiger partial charge is 0.469 e. The molecule has 4 aliphatic rings. The summed E-state index contributed by atoms with van der Waals surface area (Å²) >= 11 is 0. The van der Waals surface area contributed by atoms with Gasteiger partial charge in [-0.15, -0.1) is 0 Å². The number of esters is 2. The van der Waals surface area contributed by atoms with Crippen LogP contribution in [0.3, 0.4) is 0 Å². The lowest BCUT2D eigenvalue weighted by molar-refractivity contribution is -0.184. The summed E-state index contributed by atoms with van der Waals surface area (Å²) in [5.41, 5.74) is -1.60. The second-order valence-corrected chi connectivity index (χ2v) is 23.8. The van der Waals surface area contributed by atoms with Crippen molar-refractivity contribution in [2.75, 3.05) is 26.9 Å². The standard InChI is InChI=1S/C26H47NO5Si.C16H25NO5.CH4.H2/c1-19(27-8)16-20-13-14-22-26(32-20,18-30-33(9,10)25(5,6)7)17-21(31-22)12-11-15-29-23(28)24(2,3)4;1-11(17-2)8-12-4-6-14-16(10-18,22-12)9-13(21-14)5-7-15(19)20-3;;/h19-22H,11-18H2,1-7,9-10H3;11-14,18H,4-10H2,1,3H3;1H4;1H/t19-,20-,21?,22+,26-;11-,12-,13?,14+,16-;;/m11../s1/i;;;1+1. The van der Waals surface area contributed by atoms with Crippen molar-refractivity contribution in [1.29, 1.82) is 0 Å². The van der Waals surface area contributed by atoms with Gasteiger partial charge in [-0.3, -0.25) is 9.59 Å². The number of hydrogen-bond acceptors (Lipinski definition) is 10. The molecule has 10 atom stereocenters. The van der Waals surface area contributed by atoms with Crippen molar-refractivity contribution in [2.45, 2.75) is 218 Å². The Bertz CT molecular complexity index is 1340. The van der Waals surface area contributed by atoms with Crippen LogP contribution in [-0.2, 0) is 42.4 Å². The van der Waals surface area contributed by atoms with E-state index in [0.717, 1.165) is 51.4 Å². The summed E-state index contributed by atoms with van der Waals surface area (Å²) in [6.45, 7) is 36.1. The third-order valence-corrected chi connectivity index (χ3v) is 16.6. The third kappa shape index (κ3) is 13.7. The number of fused-ring (bicyclic) bond motifs is 2. The smallest absolute Gasteiger partial charge is 0.311 e. The zero-order chi connectivity index (χ0) is 41.2. The second kappa shape index (κ2) is 21.2. The van der Waals surface area contributed by atoms with Gasteiger partial charge in [-0.2, -0.15) is 0 Å². The van der Waals surface area contributed by atoms with Gasteiger partial charge in [-0.1, -0.05) is 28.2 Å². The zero-order valence-electron chi connectivity index (χ0n) is 35.7. The summed E-state index contributed by atoms with van der Waals surface area (Å²) in [6, 6.07) is -0.115. The Morgan fingerprint density at radius 3 is 1.84 bits per heavy atom. The average molecular weight is 812 g/mol. The van der Waals surface area contributed by atoms with Crippen molar-refractivity contribution in [3.05, 3.63) is 22.8 Å². The summed E-state index contributed by atoms with van der Waals surface area (Å²) in [4.78, 5) is 30.5. The molecule has 0 aromatic heterocycles. The lowest BCUT2D eigenvalue weighted by Crippen LogP contribution is -2.55. The van der Waals surface area contributed by atoms with E-state index in [2.05, 4.69) is 48.3 Å². The molecule has 12 nitrogen and oxygen atoms in total. The lowest BCUT2D eigenvalue weighted by atomic mass is 9.85. The molecule has 0 saturated carbocycles. The number of carbonyl (C=O) groups excluding carboxylic acids is 2. The van der Waals surface area contributed by atoms with Crippen molar-refractivity contribution < 1.29 is 49.0 Å². The van der Waals surface area contributed by atoms with Crippen molar-refractivity contribution in [3.8, 4) is 0 Å². The Balaban J connectivity index is 0.000000591. The molecule has 324 valence electrons. The van der Waals surface area contributed by atoms with E-state index in [-0.39, 0.29) is 81.1 Å². The van der Waals surface area contributed by atoms with E-state index in [1.165, 1.54) is 7.11 Å². The van der Waals surface area contributed by atoms with Gasteiger partial charge in [0.05, 0.1) is 69.0 Å². The molecule has 56 heavy (non-hydrogen) atoms. The van der Waals surface area contributed by atoms with Gasteiger partial charge < -0.3 is 47.6 Å². The molecule has 0 spiro atoms. The maximum atomic E-state index is 12.0. The van der Waals surface area contributed by atoms with E-state index in [4.69, 9.17) is 41.3 Å². The van der Waals surface area contributed by atoms with E-state index in [9.17, 15) is 14.7 Å². The maximum absolute atomic E-state index is 12.0. The molecular weight excluding hydrogens is 733 g/mol. The lowest BCUT2D eigenvalue weighted by Gasteiger charge is -2.45. The number of methoxy groups -OCH3 is 1. The van der Waals surface area contributed by atoms with Crippen molar-refractivity contribution >= 4 is 20.3 Å². The zero-order valence-corrected chi connectivity index (χ0v) is 36.7. The van der Waals surface area contributed by atoms with Crippen molar-refractivity contribution in [1.82, 2.24) is 0 Å². The Kier molecular flexibility index (Phi) is 19.0. The van der Waals surface area contributed by atoms with Crippen molar-refractivity contribution in [3.63, 3.8) is 0 Å². The first-order valence-corrected chi connectivity index (χ1v) is 23.4. The monoisotopic (exact) mass is 812 g/mol. The molecular formula is C43H78N2O10Si. The van der Waals surface area contributed by atoms with Crippen LogP contribution in [0.4, 0.5) is 0 Å². The quantitative estimate of drug-likeness (QED) is 0.0743. The first-order valence-electron chi connectivity index (χ1n) is 20.5. The highest BCUT2D eigenvalue weighted by Crippen LogP contribution is 2.46. The number of nitrogens with zero attached hydrogens (tertiary/aromatic N) is 2. The fraction of sp³-hybridized carbons (Fsp3) is 0.907. The Labute approximate surface area is 341 Å². The Morgan fingerprint density at radius 1 is 0.857 bits per heavy atom. The molecule has 0 aliphatic carbocycles. The van der Waals surface area contributed by atoms with Crippen LogP contribution < -0.4 is 0 Å². The average Bonchev–Trinajstić information content (AvgIpc) is 3.68. The number of aliphatic hydroxyl groups is 1. The summed E-state index contributed by atoms with van der Waals surface area (Å²) < 4.78 is 42.1. The molecule has 4 rings (SSSR count). The van der Waals surface area contributed by atoms with Crippen molar-refractivity contribution in [2.24, 2.45) is 5.41 Å². The first-order chi connectivity index (χ1) is 25.6. The first kappa shape index (κ1) is 50.0. The number of rotatable bonds is 15. The maximum Gasteiger partial charge on any atom is 0.311 e. The van der Waals surface area contributed by atoms with Crippen LogP contribution in [0.5, 0.6) is 0 Å². The molecule has 0 radical (unpaired) electrons. The molecule has 0 aromatic rings. The summed E-state index contributed by atoms with van der Waals surface area (Å²) in [6.07, 6.45) is 8.80. The van der Waals surface area contributed by atoms with Gasteiger partial charge in [-0.05, 0) is 83.8 Å². The van der Waals surface area contributed by atoms with Crippen LogP contribution in [0, 0.1) is 18.6 Å². The van der Waals surface area contributed by atoms with E-state index in [0.29, 0.717) is 38.9 Å². The minimum atomic E-state index is -1.94. The van der Waals surface area contributed by atoms with Crippen LogP contribution in [-0.4, -0.2) is 112 Å². The highest BCUT2D eigenvalue weighted by atomic mass is 28.4. The van der Waals surface area contributed by atoms with Gasteiger partial charge >= 0.3 is 11.9 Å². The summed E-state index contributed by atoms with van der Waals surface area (Å²) in [5, 5.41) is 9.97. The second-order valence-electron chi connectivity index (χ2n) is 18.9. The Morgan fingerprint density at radius 2 is 1.36 bits per heavy atom. The minimum Gasteiger partial charge on any atom is -0.469 e. The van der Waals surface area contributed by atoms with E-state index in [1.807, 2.05) is 34.6 Å². The van der Waals surface area contributed by atoms with E-state index in [1.54, 1.807) is 0 Å². The molecule has 13 heteroatoms. The van der Waals surface area contributed by atoms with Gasteiger partial charge in [0.25, 0.3) is 0 Å². The fourth-order valence-electron chi connectivity index (χ4n) is 7.73. The summed E-state index contributed by atoms with van der Waals surface area (Å²) in [7, 11) is -0.566. The Hall–Kier alpha value is -2.10. The molecule has 4 aliphatic heterocycles. The van der Waals surface area contributed by atoms with E-state index < -0.39 is 24.9 Å².